The van der Waals surface area contributed by atoms with Crippen molar-refractivity contribution in [2.45, 2.75) is 24.3 Å². The van der Waals surface area contributed by atoms with Crippen LogP contribution in [0.2, 0.25) is 0 Å². The van der Waals surface area contributed by atoms with Crippen molar-refractivity contribution in [3.8, 4) is 11.1 Å². The number of rotatable bonds is 7. The third-order valence-corrected chi connectivity index (χ3v) is 5.82. The van der Waals surface area contributed by atoms with Crippen molar-refractivity contribution in [1.82, 2.24) is 0 Å². The lowest BCUT2D eigenvalue weighted by Crippen LogP contribution is -2.37. The summed E-state index contributed by atoms with van der Waals surface area (Å²) >= 11 is 0. The highest BCUT2D eigenvalue weighted by Gasteiger charge is 2.35. The Bertz CT molecular complexity index is 1180. The summed E-state index contributed by atoms with van der Waals surface area (Å²) in [6, 6.07) is 14.7. The van der Waals surface area contributed by atoms with E-state index in [1.807, 2.05) is 48.5 Å². The van der Waals surface area contributed by atoms with Gasteiger partial charge in [-0.3, -0.25) is 9.59 Å². The summed E-state index contributed by atoms with van der Waals surface area (Å²) in [6.45, 7) is -0.117. The Morgan fingerprint density at radius 2 is 1.45 bits per heavy atom. The highest BCUT2D eigenvalue weighted by atomic mass is 19.2. The van der Waals surface area contributed by atoms with Crippen molar-refractivity contribution in [2.24, 2.45) is 5.73 Å². The number of hydrogen-bond acceptors (Lipinski definition) is 4. The Balaban J connectivity index is 1.63. The van der Waals surface area contributed by atoms with Gasteiger partial charge in [0.25, 0.3) is 0 Å². The molecule has 0 amide bonds. The van der Waals surface area contributed by atoms with Gasteiger partial charge in [-0.25, -0.2) is 13.2 Å². The maximum absolute atomic E-state index is 14.5. The first-order valence-corrected chi connectivity index (χ1v) is 10.2. The number of carbonyl (C=O) groups excluding carboxylic acids is 1. The number of benzene rings is 3. The molecule has 0 aliphatic heterocycles. The van der Waals surface area contributed by atoms with Gasteiger partial charge in [0.05, 0.1) is 6.42 Å². The van der Waals surface area contributed by atoms with Crippen molar-refractivity contribution in [2.75, 3.05) is 6.61 Å². The number of carboxylic acid groups (broad SMARTS) is 1. The van der Waals surface area contributed by atoms with Crippen LogP contribution in [0.5, 0.6) is 0 Å². The SMILES string of the molecule is N[C@H](CC(=O)O)C(C(=O)OCC1c2ccccc2-c2ccccc21)c1cc(F)c(F)cc1F. The Hall–Kier alpha value is -3.65. The van der Waals surface area contributed by atoms with Crippen molar-refractivity contribution in [3.63, 3.8) is 0 Å². The van der Waals surface area contributed by atoms with Gasteiger partial charge in [0.1, 0.15) is 18.3 Å². The molecule has 5 nitrogen and oxygen atoms in total. The summed E-state index contributed by atoms with van der Waals surface area (Å²) in [5.41, 5.74) is 9.21. The van der Waals surface area contributed by atoms with Crippen LogP contribution in [0.4, 0.5) is 13.2 Å². The number of aliphatic carboxylic acids is 1. The lowest BCUT2D eigenvalue weighted by atomic mass is 9.89. The fourth-order valence-electron chi connectivity index (χ4n) is 4.32. The molecule has 0 radical (unpaired) electrons. The minimum absolute atomic E-state index is 0.117. The molecule has 0 saturated heterocycles. The van der Waals surface area contributed by atoms with Gasteiger partial charge in [0.2, 0.25) is 0 Å². The van der Waals surface area contributed by atoms with Crippen LogP contribution in [-0.2, 0) is 14.3 Å². The second-order valence-electron chi connectivity index (χ2n) is 7.88. The van der Waals surface area contributed by atoms with E-state index >= 15 is 0 Å². The van der Waals surface area contributed by atoms with Gasteiger partial charge in [-0.2, -0.15) is 0 Å². The first kappa shape index (κ1) is 22.5. The topological polar surface area (TPSA) is 89.6 Å². The highest BCUT2D eigenvalue weighted by molar-refractivity contribution is 5.82. The van der Waals surface area contributed by atoms with Crippen LogP contribution in [0.1, 0.15) is 34.9 Å². The van der Waals surface area contributed by atoms with E-state index in [9.17, 15) is 22.8 Å². The molecular formula is C25H20F3NO4. The van der Waals surface area contributed by atoms with E-state index in [2.05, 4.69) is 0 Å². The molecule has 1 aliphatic carbocycles. The summed E-state index contributed by atoms with van der Waals surface area (Å²) in [6.07, 6.45) is -0.701. The molecule has 2 atom stereocenters. The molecule has 4 rings (SSSR count). The van der Waals surface area contributed by atoms with Crippen LogP contribution in [0, 0.1) is 17.5 Å². The highest BCUT2D eigenvalue weighted by Crippen LogP contribution is 2.44. The second-order valence-corrected chi connectivity index (χ2v) is 7.88. The van der Waals surface area contributed by atoms with Crippen LogP contribution in [-0.4, -0.2) is 29.7 Å². The molecule has 0 saturated carbocycles. The predicted octanol–water partition coefficient (Wildman–Crippen LogP) is 4.35. The zero-order chi connectivity index (χ0) is 23.7. The smallest absolute Gasteiger partial charge is 0.315 e. The summed E-state index contributed by atoms with van der Waals surface area (Å²) in [5, 5.41) is 9.09. The van der Waals surface area contributed by atoms with Gasteiger partial charge < -0.3 is 15.6 Å². The van der Waals surface area contributed by atoms with Crippen molar-refractivity contribution >= 4 is 11.9 Å². The number of carbonyl (C=O) groups is 2. The van der Waals surface area contributed by atoms with Gasteiger partial charge in [-0.05, 0) is 28.3 Å². The van der Waals surface area contributed by atoms with E-state index in [0.717, 1.165) is 22.3 Å². The van der Waals surface area contributed by atoms with Gasteiger partial charge in [-0.15, -0.1) is 0 Å². The maximum Gasteiger partial charge on any atom is 0.315 e. The van der Waals surface area contributed by atoms with Crippen LogP contribution in [0.3, 0.4) is 0 Å². The van der Waals surface area contributed by atoms with Crippen molar-refractivity contribution < 1.29 is 32.6 Å². The van der Waals surface area contributed by atoms with Crippen molar-refractivity contribution in [3.05, 3.63) is 94.8 Å². The lowest BCUT2D eigenvalue weighted by Gasteiger charge is -2.23. The summed E-state index contributed by atoms with van der Waals surface area (Å²) in [7, 11) is 0. The average Bonchev–Trinajstić information content (AvgIpc) is 3.09. The maximum atomic E-state index is 14.5. The average molecular weight is 455 g/mol. The standard InChI is InChI=1S/C25H20F3NO4/c26-19-10-21(28)20(27)9-17(19)24(22(29)11-23(30)31)25(32)33-12-18-15-7-3-1-5-13(15)14-6-2-4-8-16(14)18/h1-10,18,22,24H,11-12,29H2,(H,30,31)/t22-,24?/m1/s1. The number of carboxylic acids is 1. The molecule has 1 unspecified atom stereocenters. The van der Waals surface area contributed by atoms with Gasteiger partial charge in [0.15, 0.2) is 11.6 Å². The Kier molecular flexibility index (Phi) is 6.20. The first-order chi connectivity index (χ1) is 15.8. The zero-order valence-corrected chi connectivity index (χ0v) is 17.3. The van der Waals surface area contributed by atoms with E-state index in [-0.39, 0.29) is 12.5 Å². The Morgan fingerprint density at radius 3 is 2.03 bits per heavy atom. The Labute approximate surface area is 187 Å². The van der Waals surface area contributed by atoms with E-state index in [1.165, 1.54) is 0 Å². The van der Waals surface area contributed by atoms with Gasteiger partial charge in [0, 0.05) is 23.6 Å². The zero-order valence-electron chi connectivity index (χ0n) is 17.3. The number of hydrogen-bond donors (Lipinski definition) is 2. The van der Waals surface area contributed by atoms with Crippen molar-refractivity contribution in [1.29, 1.82) is 0 Å². The number of esters is 1. The molecule has 3 aromatic carbocycles. The summed E-state index contributed by atoms with van der Waals surface area (Å²) < 4.78 is 47.2. The molecule has 0 aromatic heterocycles. The monoisotopic (exact) mass is 455 g/mol. The third-order valence-electron chi connectivity index (χ3n) is 5.82. The molecule has 0 fully saturated rings. The fourth-order valence-corrected chi connectivity index (χ4v) is 4.32. The third kappa shape index (κ3) is 4.34. The molecule has 170 valence electrons. The molecule has 0 heterocycles. The summed E-state index contributed by atoms with van der Waals surface area (Å²) in [5.74, 6) is -8.32. The molecule has 33 heavy (non-hydrogen) atoms. The number of halogens is 3. The van der Waals surface area contributed by atoms with Gasteiger partial charge in [-0.1, -0.05) is 48.5 Å². The van der Waals surface area contributed by atoms with Crippen LogP contribution in [0.15, 0.2) is 60.7 Å². The summed E-state index contributed by atoms with van der Waals surface area (Å²) in [4.78, 5) is 24.2. The van der Waals surface area contributed by atoms with Crippen LogP contribution < -0.4 is 5.73 Å². The normalized spacial score (nSPS) is 14.3. The van der Waals surface area contributed by atoms with E-state index in [4.69, 9.17) is 15.6 Å². The molecular weight excluding hydrogens is 435 g/mol. The fraction of sp³-hybridized carbons (Fsp3) is 0.200. The van der Waals surface area contributed by atoms with Crippen LogP contribution >= 0.6 is 0 Å². The molecule has 0 bridgehead atoms. The molecule has 3 aromatic rings. The lowest BCUT2D eigenvalue weighted by molar-refractivity contribution is -0.147. The van der Waals surface area contributed by atoms with E-state index in [1.54, 1.807) is 0 Å². The van der Waals surface area contributed by atoms with E-state index in [0.29, 0.717) is 12.1 Å². The minimum Gasteiger partial charge on any atom is -0.481 e. The molecule has 0 spiro atoms. The second kappa shape index (κ2) is 9.07. The number of nitrogens with two attached hydrogens (primary N) is 1. The number of ether oxygens (including phenoxy) is 1. The quantitative estimate of drug-likeness (QED) is 0.409. The van der Waals surface area contributed by atoms with E-state index < -0.39 is 53.3 Å². The molecule has 8 heteroatoms. The number of fused-ring (bicyclic) bond motifs is 3. The minimum atomic E-state index is -1.64. The predicted molar refractivity (Wildman–Crippen MR) is 114 cm³/mol. The Morgan fingerprint density at radius 1 is 0.909 bits per heavy atom. The first-order valence-electron chi connectivity index (χ1n) is 10.2. The van der Waals surface area contributed by atoms with Gasteiger partial charge >= 0.3 is 11.9 Å². The molecule has 1 aliphatic rings. The largest absolute Gasteiger partial charge is 0.481 e. The molecule has 3 N–H and O–H groups in total. The van der Waals surface area contributed by atoms with Crippen LogP contribution in [0.25, 0.3) is 11.1 Å².